The molecule has 6 nitrogen and oxygen atoms in total. The zero-order chi connectivity index (χ0) is 38.3. The molecule has 0 unspecified atom stereocenters. The molecule has 0 N–H and O–H groups in total. The third-order valence-electron chi connectivity index (χ3n) is 11.2. The Kier molecular flexibility index (Phi) is 8.50. The third kappa shape index (κ3) is 5.70. The van der Waals surface area contributed by atoms with E-state index in [4.69, 9.17) is 15.0 Å². The Morgan fingerprint density at radius 1 is 0.586 bits per heavy atom. The van der Waals surface area contributed by atoms with Gasteiger partial charge in [0, 0.05) is 35.4 Å². The third-order valence-corrected chi connectivity index (χ3v) is 11.2. The molecule has 11 rings (SSSR count). The number of para-hydroxylation sites is 4. The van der Waals surface area contributed by atoms with Crippen molar-refractivity contribution in [1.82, 2.24) is 29.1 Å². The number of hydrogen-bond acceptors (Lipinski definition) is 3. The van der Waals surface area contributed by atoms with Crippen LogP contribution in [0, 0.1) is 6.07 Å². The Morgan fingerprint density at radius 2 is 1.34 bits per heavy atom. The van der Waals surface area contributed by atoms with Crippen LogP contribution in [0.1, 0.15) is 26.3 Å². The molecule has 0 aliphatic heterocycles. The van der Waals surface area contributed by atoms with Gasteiger partial charge in [0.25, 0.3) is 0 Å². The number of imidazole rings is 1. The Balaban J connectivity index is 0.00000408. The van der Waals surface area contributed by atoms with E-state index < -0.39 is 0 Å². The molecule has 7 heteroatoms. The monoisotopic (exact) mass is 927 g/mol. The quantitative estimate of drug-likeness (QED) is 0.161. The molecular formula is C51H36N6Pt. The van der Waals surface area contributed by atoms with Crippen LogP contribution in [0.25, 0.3) is 99.8 Å². The van der Waals surface area contributed by atoms with Crippen LogP contribution in [0.3, 0.4) is 0 Å². The maximum absolute atomic E-state index is 5.60. The van der Waals surface area contributed by atoms with Crippen molar-refractivity contribution in [3.63, 3.8) is 0 Å². The first-order chi connectivity index (χ1) is 27.9. The van der Waals surface area contributed by atoms with E-state index in [2.05, 4.69) is 180 Å². The predicted octanol–water partition coefficient (Wildman–Crippen LogP) is 12.3. The van der Waals surface area contributed by atoms with Crippen molar-refractivity contribution in [1.29, 1.82) is 0 Å². The first kappa shape index (κ1) is 35.8. The zero-order valence-electron chi connectivity index (χ0n) is 32.1. The van der Waals surface area contributed by atoms with Gasteiger partial charge in [-0.2, -0.15) is 0 Å². The average molecular weight is 928 g/mol. The van der Waals surface area contributed by atoms with Crippen molar-refractivity contribution in [3.05, 3.63) is 176 Å². The summed E-state index contributed by atoms with van der Waals surface area (Å²) in [4.78, 5) is 20.1. The summed E-state index contributed by atoms with van der Waals surface area (Å²) in [7, 11) is 0. The summed E-state index contributed by atoms with van der Waals surface area (Å²) in [5.74, 6) is 1.70. The number of fused-ring (bicyclic) bond motifs is 7. The molecule has 0 saturated heterocycles. The van der Waals surface area contributed by atoms with E-state index in [1.165, 1.54) is 10.9 Å². The molecule has 58 heavy (non-hydrogen) atoms. The molecule has 0 bridgehead atoms. The van der Waals surface area contributed by atoms with Gasteiger partial charge in [-0.1, -0.05) is 105 Å². The van der Waals surface area contributed by atoms with Crippen LogP contribution in [-0.2, 0) is 26.5 Å². The Hall–Kier alpha value is -6.62. The van der Waals surface area contributed by atoms with Crippen molar-refractivity contribution in [3.8, 4) is 45.1 Å². The number of hydrogen-bond donors (Lipinski definition) is 0. The molecule has 0 radical (unpaired) electrons. The summed E-state index contributed by atoms with van der Waals surface area (Å²) in [6.07, 6.45) is 5.61. The van der Waals surface area contributed by atoms with E-state index in [9.17, 15) is 0 Å². The molecule has 5 heterocycles. The number of aromatic nitrogens is 6. The summed E-state index contributed by atoms with van der Waals surface area (Å²) in [6.45, 7) is 6.72. The molecule has 6 aromatic carbocycles. The molecule has 0 spiro atoms. The van der Waals surface area contributed by atoms with Crippen LogP contribution in [-0.4, -0.2) is 24.1 Å². The average Bonchev–Trinajstić information content (AvgIpc) is 3.93. The van der Waals surface area contributed by atoms with E-state index in [0.717, 1.165) is 94.4 Å². The van der Waals surface area contributed by atoms with E-state index in [-0.39, 0.29) is 26.5 Å². The maximum Gasteiger partial charge on any atom is 2.00 e. The summed E-state index contributed by atoms with van der Waals surface area (Å²) in [6, 6.07) is 55.1. The van der Waals surface area contributed by atoms with E-state index >= 15 is 0 Å². The van der Waals surface area contributed by atoms with E-state index in [1.54, 1.807) is 0 Å². The second-order valence-electron chi connectivity index (χ2n) is 15.7. The van der Waals surface area contributed by atoms with E-state index in [1.807, 2.05) is 24.7 Å². The number of rotatable bonds is 5. The molecule has 0 aliphatic carbocycles. The van der Waals surface area contributed by atoms with Crippen molar-refractivity contribution < 1.29 is 21.1 Å². The maximum atomic E-state index is 5.60. The van der Waals surface area contributed by atoms with E-state index in [0.29, 0.717) is 0 Å². The number of pyridine rings is 2. The van der Waals surface area contributed by atoms with Gasteiger partial charge < -0.3 is 9.55 Å². The standard InChI is InChI=1S/C51H36N6.Pt/c1-51(2,3)35-24-27-53-47(31-35)57-44-18-10-8-15-39(44)40-21-20-33(30-46(40)57)37-16-11-19-45-49(37)55-50(56(45)36-12-5-4-6-13-36)42-29-34(32-22-25-52-26-23-32)28-41-38-14-7-9-17-43(38)54-48(41)42;/h4-29,31H,1-3H3;/q-2;+2. The zero-order valence-corrected chi connectivity index (χ0v) is 34.4. The molecular weight excluding hydrogens is 892 g/mol. The molecule has 0 fully saturated rings. The molecule has 5 aromatic heterocycles. The fourth-order valence-corrected chi connectivity index (χ4v) is 8.39. The predicted molar refractivity (Wildman–Crippen MR) is 233 cm³/mol. The second-order valence-corrected chi connectivity index (χ2v) is 15.7. The van der Waals surface area contributed by atoms with Gasteiger partial charge in [-0.15, -0.1) is 34.8 Å². The summed E-state index contributed by atoms with van der Waals surface area (Å²) in [5, 5.41) is 4.51. The van der Waals surface area contributed by atoms with Gasteiger partial charge in [0.1, 0.15) is 11.6 Å². The summed E-state index contributed by atoms with van der Waals surface area (Å²) in [5.41, 5.74) is 13.2. The first-order valence-corrected chi connectivity index (χ1v) is 19.3. The van der Waals surface area contributed by atoms with Crippen LogP contribution in [0.4, 0.5) is 0 Å². The molecule has 280 valence electrons. The Morgan fingerprint density at radius 3 is 2.17 bits per heavy atom. The van der Waals surface area contributed by atoms with Crippen LogP contribution >= 0.6 is 0 Å². The minimum Gasteiger partial charge on any atom is -0.656 e. The normalized spacial score (nSPS) is 11.9. The SMILES string of the molecule is CC(C)(C)c1ccnc(-n2c3[c-]c(-c4cccc5c4nc(-c4cc(-c6ccncc6)cc6c4[n-]c4ccccc46)n5-c4ccccc4)ccc3c3ccccc32)c1.[Pt+2]. The van der Waals surface area contributed by atoms with Crippen LogP contribution in [0.15, 0.2) is 164 Å². The van der Waals surface area contributed by atoms with Gasteiger partial charge in [-0.25, -0.2) is 9.97 Å². The fraction of sp³-hybridized carbons (Fsp3) is 0.0784. The Bertz CT molecular complexity index is 3330. The molecule has 0 amide bonds. The Labute approximate surface area is 350 Å². The summed E-state index contributed by atoms with van der Waals surface area (Å²) < 4.78 is 4.53. The molecule has 11 aromatic rings. The van der Waals surface area contributed by atoms with Gasteiger partial charge in [0.15, 0.2) is 0 Å². The van der Waals surface area contributed by atoms with Crippen LogP contribution in [0.5, 0.6) is 0 Å². The van der Waals surface area contributed by atoms with Crippen molar-refractivity contribution in [2.75, 3.05) is 0 Å². The van der Waals surface area contributed by atoms with Gasteiger partial charge in [-0.3, -0.25) is 9.55 Å². The van der Waals surface area contributed by atoms with Crippen molar-refractivity contribution in [2.24, 2.45) is 0 Å². The second kappa shape index (κ2) is 13.8. The van der Waals surface area contributed by atoms with Crippen LogP contribution < -0.4 is 4.98 Å². The smallest absolute Gasteiger partial charge is 0.656 e. The van der Waals surface area contributed by atoms with Crippen LogP contribution in [0.2, 0.25) is 0 Å². The molecule has 0 aliphatic rings. The molecule has 0 atom stereocenters. The van der Waals surface area contributed by atoms with Gasteiger partial charge in [0.05, 0.1) is 11.0 Å². The minimum atomic E-state index is -0.0235. The fourth-order valence-electron chi connectivity index (χ4n) is 8.39. The number of nitrogens with zero attached hydrogens (tertiary/aromatic N) is 6. The summed E-state index contributed by atoms with van der Waals surface area (Å²) >= 11 is 0. The van der Waals surface area contributed by atoms with Gasteiger partial charge in [-0.05, 0) is 104 Å². The number of benzene rings is 6. The largest absolute Gasteiger partial charge is 2.00 e. The van der Waals surface area contributed by atoms with Gasteiger partial charge in [0.2, 0.25) is 0 Å². The van der Waals surface area contributed by atoms with Gasteiger partial charge >= 0.3 is 21.1 Å². The topological polar surface area (TPSA) is 62.6 Å². The van der Waals surface area contributed by atoms with Crippen molar-refractivity contribution >= 4 is 54.6 Å². The first-order valence-electron chi connectivity index (χ1n) is 19.3. The minimum absolute atomic E-state index is 0. The molecule has 0 saturated carbocycles. The van der Waals surface area contributed by atoms with Crippen molar-refractivity contribution in [2.45, 2.75) is 26.2 Å².